The monoisotopic (exact) mass is 689 g/mol. The molecule has 5 heteroatoms. The Bertz CT molecular complexity index is 786. The highest BCUT2D eigenvalue weighted by atomic mass is 16.6. The number of carbonyl (C=O) groups excluding carboxylic acids is 2. The fourth-order valence-corrected chi connectivity index (χ4v) is 5.97. The van der Waals surface area contributed by atoms with Crippen molar-refractivity contribution in [3.05, 3.63) is 36.5 Å². The van der Waals surface area contributed by atoms with Crippen LogP contribution in [0, 0.1) is 0 Å². The molecule has 0 saturated heterocycles. The van der Waals surface area contributed by atoms with E-state index < -0.39 is 6.10 Å². The number of aliphatic hydroxyl groups excluding tert-OH is 1. The van der Waals surface area contributed by atoms with E-state index in [-0.39, 0.29) is 25.2 Å². The summed E-state index contributed by atoms with van der Waals surface area (Å²) in [6.07, 6.45) is 49.7. The van der Waals surface area contributed by atoms with Gasteiger partial charge in [-0.05, 0) is 51.4 Å². The van der Waals surface area contributed by atoms with Gasteiger partial charge in [-0.15, -0.1) is 0 Å². The normalized spacial score (nSPS) is 12.5. The van der Waals surface area contributed by atoms with Crippen molar-refractivity contribution >= 4 is 11.9 Å². The smallest absolute Gasteiger partial charge is 0.306 e. The number of hydrogen-bond acceptors (Lipinski definition) is 5. The second-order valence-electron chi connectivity index (χ2n) is 14.1. The average Bonchev–Trinajstić information content (AvgIpc) is 3.10. The first-order valence-corrected chi connectivity index (χ1v) is 21.0. The number of rotatable bonds is 38. The molecule has 5 nitrogen and oxygen atoms in total. The largest absolute Gasteiger partial charge is 0.462 e. The standard InChI is InChI=1S/C44H80O5/c1-3-5-7-9-11-12-13-14-15-16-17-18-19-20-21-22-23-24-25-26-27-28-29-30-31-32-33-35-37-39-44(47)49-42(40-45)41-48-43(46)38-36-34-10-8-6-4-2/h13-14,16-17,19-20,42,45H,3-12,15,18,21-41H2,1-2H3/b14-13-,17-16-,20-19-. The molecule has 0 amide bonds. The van der Waals surface area contributed by atoms with Gasteiger partial charge >= 0.3 is 11.9 Å². The molecular weight excluding hydrogens is 608 g/mol. The van der Waals surface area contributed by atoms with Gasteiger partial charge in [0.1, 0.15) is 6.61 Å². The van der Waals surface area contributed by atoms with Crippen LogP contribution in [0.5, 0.6) is 0 Å². The predicted molar refractivity (Wildman–Crippen MR) is 210 cm³/mol. The minimum Gasteiger partial charge on any atom is -0.462 e. The van der Waals surface area contributed by atoms with E-state index >= 15 is 0 Å². The van der Waals surface area contributed by atoms with E-state index in [2.05, 4.69) is 50.3 Å². The molecule has 0 fully saturated rings. The molecule has 0 aromatic rings. The molecule has 0 saturated carbocycles. The highest BCUT2D eigenvalue weighted by molar-refractivity contribution is 5.70. The highest BCUT2D eigenvalue weighted by Crippen LogP contribution is 2.15. The third-order valence-electron chi connectivity index (χ3n) is 9.19. The number of allylic oxidation sites excluding steroid dienone is 6. The van der Waals surface area contributed by atoms with Crippen molar-refractivity contribution in [2.75, 3.05) is 13.2 Å². The molecule has 0 aliphatic rings. The van der Waals surface area contributed by atoms with E-state index in [0.29, 0.717) is 12.8 Å². The molecule has 1 N–H and O–H groups in total. The molecule has 286 valence electrons. The summed E-state index contributed by atoms with van der Waals surface area (Å²) in [6, 6.07) is 0. The number of unbranched alkanes of at least 4 members (excludes halogenated alkanes) is 24. The van der Waals surface area contributed by atoms with Crippen molar-refractivity contribution in [3.8, 4) is 0 Å². The van der Waals surface area contributed by atoms with Gasteiger partial charge < -0.3 is 14.6 Å². The van der Waals surface area contributed by atoms with Crippen LogP contribution in [0.2, 0.25) is 0 Å². The Morgan fingerprint density at radius 2 is 0.816 bits per heavy atom. The molecule has 49 heavy (non-hydrogen) atoms. The van der Waals surface area contributed by atoms with Gasteiger partial charge in [0.2, 0.25) is 0 Å². The van der Waals surface area contributed by atoms with Crippen LogP contribution in [0.3, 0.4) is 0 Å². The molecule has 0 heterocycles. The lowest BCUT2D eigenvalue weighted by Gasteiger charge is -2.15. The fourth-order valence-electron chi connectivity index (χ4n) is 5.97. The lowest BCUT2D eigenvalue weighted by molar-refractivity contribution is -0.161. The van der Waals surface area contributed by atoms with Gasteiger partial charge in [0.25, 0.3) is 0 Å². The molecule has 0 rings (SSSR count). The topological polar surface area (TPSA) is 72.8 Å². The van der Waals surface area contributed by atoms with Gasteiger partial charge in [0.15, 0.2) is 6.10 Å². The second kappa shape index (κ2) is 40.5. The maximum atomic E-state index is 12.1. The quantitative estimate of drug-likeness (QED) is 0.0397. The molecule has 0 spiro atoms. The van der Waals surface area contributed by atoms with Crippen LogP contribution < -0.4 is 0 Å². The average molecular weight is 689 g/mol. The maximum absolute atomic E-state index is 12.1. The van der Waals surface area contributed by atoms with E-state index in [1.54, 1.807) is 0 Å². The predicted octanol–water partition coefficient (Wildman–Crippen LogP) is 13.2. The molecule has 0 radical (unpaired) electrons. The zero-order chi connectivity index (χ0) is 35.7. The number of aliphatic hydroxyl groups is 1. The first-order valence-electron chi connectivity index (χ1n) is 21.0. The summed E-state index contributed by atoms with van der Waals surface area (Å²) in [5, 5.41) is 9.49. The van der Waals surface area contributed by atoms with Gasteiger partial charge in [-0.25, -0.2) is 0 Å². The maximum Gasteiger partial charge on any atom is 0.306 e. The van der Waals surface area contributed by atoms with Gasteiger partial charge in [-0.2, -0.15) is 0 Å². The molecular formula is C44H80O5. The van der Waals surface area contributed by atoms with Crippen molar-refractivity contribution < 1.29 is 24.2 Å². The first kappa shape index (κ1) is 47.1. The molecule has 0 bridgehead atoms. The van der Waals surface area contributed by atoms with E-state index in [1.165, 1.54) is 135 Å². The van der Waals surface area contributed by atoms with Gasteiger partial charge in [0.05, 0.1) is 6.61 Å². The van der Waals surface area contributed by atoms with Crippen LogP contribution in [0.1, 0.15) is 213 Å². The van der Waals surface area contributed by atoms with Crippen molar-refractivity contribution in [3.63, 3.8) is 0 Å². The Morgan fingerprint density at radius 3 is 1.22 bits per heavy atom. The van der Waals surface area contributed by atoms with E-state index in [0.717, 1.165) is 51.4 Å². The highest BCUT2D eigenvalue weighted by Gasteiger charge is 2.16. The number of esters is 2. The zero-order valence-electron chi connectivity index (χ0n) is 32.5. The van der Waals surface area contributed by atoms with Crippen LogP contribution in [0.25, 0.3) is 0 Å². The summed E-state index contributed by atoms with van der Waals surface area (Å²) in [5.74, 6) is -0.597. The summed E-state index contributed by atoms with van der Waals surface area (Å²) in [4.78, 5) is 24.0. The van der Waals surface area contributed by atoms with Crippen LogP contribution in [0.4, 0.5) is 0 Å². The summed E-state index contributed by atoms with van der Waals surface area (Å²) < 4.78 is 10.5. The van der Waals surface area contributed by atoms with Gasteiger partial charge in [0, 0.05) is 12.8 Å². The molecule has 1 unspecified atom stereocenters. The van der Waals surface area contributed by atoms with Gasteiger partial charge in [-0.1, -0.05) is 185 Å². The van der Waals surface area contributed by atoms with Gasteiger partial charge in [-0.3, -0.25) is 9.59 Å². The van der Waals surface area contributed by atoms with E-state index in [9.17, 15) is 14.7 Å². The van der Waals surface area contributed by atoms with E-state index in [1.807, 2.05) is 0 Å². The van der Waals surface area contributed by atoms with E-state index in [4.69, 9.17) is 9.47 Å². The van der Waals surface area contributed by atoms with Crippen LogP contribution >= 0.6 is 0 Å². The summed E-state index contributed by atoms with van der Waals surface area (Å²) in [6.45, 7) is 4.06. The van der Waals surface area contributed by atoms with Crippen LogP contribution in [-0.4, -0.2) is 36.4 Å². The Kier molecular flexibility index (Phi) is 39.0. The number of ether oxygens (including phenoxy) is 2. The lowest BCUT2D eigenvalue weighted by atomic mass is 10.0. The first-order chi connectivity index (χ1) is 24.1. The minimum absolute atomic E-state index is 0.0642. The van der Waals surface area contributed by atoms with Crippen LogP contribution in [-0.2, 0) is 19.1 Å². The van der Waals surface area contributed by atoms with Crippen LogP contribution in [0.15, 0.2) is 36.5 Å². The molecule has 0 aliphatic carbocycles. The third-order valence-corrected chi connectivity index (χ3v) is 9.19. The Labute approximate surface area is 304 Å². The number of hydrogen-bond donors (Lipinski definition) is 1. The van der Waals surface area contributed by atoms with Crippen molar-refractivity contribution in [2.24, 2.45) is 0 Å². The van der Waals surface area contributed by atoms with Crippen molar-refractivity contribution in [1.82, 2.24) is 0 Å². The molecule has 0 aromatic heterocycles. The molecule has 0 aliphatic heterocycles. The Morgan fingerprint density at radius 1 is 0.469 bits per heavy atom. The Hall–Kier alpha value is -1.88. The molecule has 1 atom stereocenters. The minimum atomic E-state index is -0.765. The summed E-state index contributed by atoms with van der Waals surface area (Å²) in [5.41, 5.74) is 0. The van der Waals surface area contributed by atoms with Crippen molar-refractivity contribution in [1.29, 1.82) is 0 Å². The van der Waals surface area contributed by atoms with Crippen molar-refractivity contribution in [2.45, 2.75) is 219 Å². The summed E-state index contributed by atoms with van der Waals surface area (Å²) in [7, 11) is 0. The third kappa shape index (κ3) is 38.8. The number of carbonyl (C=O) groups is 2. The molecule has 0 aromatic carbocycles. The fraction of sp³-hybridized carbons (Fsp3) is 0.818. The SMILES string of the molecule is CCCCCCC/C=C\C/C=C\C/C=C\CCCCCCCCCCCCCCCCC(=O)OC(CO)COC(=O)CCCCCCCC. The zero-order valence-corrected chi connectivity index (χ0v) is 32.5. The summed E-state index contributed by atoms with van der Waals surface area (Å²) >= 11 is 0. The Balaban J connectivity index is 3.43. The second-order valence-corrected chi connectivity index (χ2v) is 14.1. The lowest BCUT2D eigenvalue weighted by Crippen LogP contribution is -2.28.